The number of rotatable bonds is 8. The van der Waals surface area contributed by atoms with Gasteiger partial charge in [-0.05, 0) is 41.5 Å². The Morgan fingerprint density at radius 1 is 1.00 bits per heavy atom. The smallest absolute Gasteiger partial charge is 0.261 e. The number of anilines is 1. The number of carbonyl (C=O) groups is 2. The van der Waals surface area contributed by atoms with Crippen LogP contribution in [-0.4, -0.2) is 36.2 Å². The number of benzene rings is 2. The van der Waals surface area contributed by atoms with Crippen molar-refractivity contribution in [2.45, 2.75) is 13.0 Å². The average molecular weight is 451 g/mol. The first-order valence-corrected chi connectivity index (χ1v) is 10.7. The van der Waals surface area contributed by atoms with Crippen molar-refractivity contribution in [1.29, 1.82) is 0 Å². The maximum atomic E-state index is 12.6. The van der Waals surface area contributed by atoms with Gasteiger partial charge in [-0.1, -0.05) is 24.3 Å². The molecule has 0 aliphatic carbocycles. The number of H-pyrrole nitrogens is 1. The van der Waals surface area contributed by atoms with Crippen LogP contribution in [0.1, 0.15) is 20.8 Å². The Hall–Kier alpha value is -3.85. The van der Waals surface area contributed by atoms with Crippen molar-refractivity contribution in [2.75, 3.05) is 19.5 Å². The molecule has 0 bridgehead atoms. The van der Waals surface area contributed by atoms with Crippen LogP contribution in [-0.2, 0) is 17.8 Å². The number of carbonyl (C=O) groups excluding carboxylic acids is 2. The van der Waals surface area contributed by atoms with E-state index in [1.54, 1.807) is 20.3 Å². The summed E-state index contributed by atoms with van der Waals surface area (Å²) in [7, 11) is 3.19. The van der Waals surface area contributed by atoms with E-state index in [9.17, 15) is 9.59 Å². The highest BCUT2D eigenvalue weighted by molar-refractivity contribution is 7.20. The number of fused-ring (bicyclic) bond motifs is 1. The number of thiophene rings is 1. The second-order valence-corrected chi connectivity index (χ2v) is 8.07. The van der Waals surface area contributed by atoms with Crippen LogP contribution < -0.4 is 20.1 Å². The second-order valence-electron chi connectivity index (χ2n) is 7.04. The van der Waals surface area contributed by atoms with E-state index in [2.05, 4.69) is 20.8 Å². The summed E-state index contributed by atoms with van der Waals surface area (Å²) in [5.74, 6) is 1.50. The Morgan fingerprint density at radius 3 is 2.41 bits per heavy atom. The summed E-state index contributed by atoms with van der Waals surface area (Å²) in [6, 6.07) is 16.6. The van der Waals surface area contributed by atoms with E-state index in [0.29, 0.717) is 33.2 Å². The molecule has 0 atom stereocenters. The Kier molecular flexibility index (Phi) is 6.37. The van der Waals surface area contributed by atoms with E-state index in [-0.39, 0.29) is 18.2 Å². The SMILES string of the molecule is COc1cccc(CNC(=O)c2cc3c(NC(=O)Cc4cccc(OC)c4)[nH]nc3s2)c1. The van der Waals surface area contributed by atoms with Gasteiger partial charge >= 0.3 is 0 Å². The number of aromatic amines is 1. The molecule has 0 radical (unpaired) electrons. The van der Waals surface area contributed by atoms with E-state index in [1.807, 2.05) is 48.5 Å². The number of methoxy groups -OCH3 is 2. The van der Waals surface area contributed by atoms with E-state index < -0.39 is 0 Å². The van der Waals surface area contributed by atoms with Gasteiger partial charge in [-0.15, -0.1) is 11.3 Å². The van der Waals surface area contributed by atoms with Gasteiger partial charge in [0.2, 0.25) is 5.91 Å². The highest BCUT2D eigenvalue weighted by atomic mass is 32.1. The molecule has 0 spiro atoms. The minimum Gasteiger partial charge on any atom is -0.497 e. The largest absolute Gasteiger partial charge is 0.497 e. The van der Waals surface area contributed by atoms with Gasteiger partial charge in [0.05, 0.1) is 30.9 Å². The number of ether oxygens (including phenoxy) is 2. The van der Waals surface area contributed by atoms with Crippen molar-refractivity contribution < 1.29 is 19.1 Å². The van der Waals surface area contributed by atoms with Gasteiger partial charge in [0.1, 0.15) is 22.1 Å². The van der Waals surface area contributed by atoms with Crippen LogP contribution in [0.4, 0.5) is 5.82 Å². The van der Waals surface area contributed by atoms with Crippen molar-refractivity contribution >= 4 is 39.2 Å². The highest BCUT2D eigenvalue weighted by Gasteiger charge is 2.16. The fourth-order valence-corrected chi connectivity index (χ4v) is 4.13. The fraction of sp³-hybridized carbons (Fsp3) is 0.174. The Morgan fingerprint density at radius 2 is 1.69 bits per heavy atom. The van der Waals surface area contributed by atoms with Gasteiger partial charge in [0, 0.05) is 6.54 Å². The molecule has 0 saturated heterocycles. The molecule has 32 heavy (non-hydrogen) atoms. The second kappa shape index (κ2) is 9.52. The zero-order chi connectivity index (χ0) is 22.5. The summed E-state index contributed by atoms with van der Waals surface area (Å²) < 4.78 is 10.4. The van der Waals surface area contributed by atoms with Crippen LogP contribution in [0.2, 0.25) is 0 Å². The van der Waals surface area contributed by atoms with Crippen LogP contribution >= 0.6 is 11.3 Å². The number of nitrogens with one attached hydrogen (secondary N) is 3. The molecule has 164 valence electrons. The molecule has 2 heterocycles. The molecule has 4 aromatic rings. The highest BCUT2D eigenvalue weighted by Crippen LogP contribution is 2.29. The molecule has 0 unspecified atom stereocenters. The first kappa shape index (κ1) is 21.4. The van der Waals surface area contributed by atoms with Crippen molar-refractivity contribution in [2.24, 2.45) is 0 Å². The molecular weight excluding hydrogens is 428 g/mol. The van der Waals surface area contributed by atoms with Crippen molar-refractivity contribution in [1.82, 2.24) is 15.5 Å². The van der Waals surface area contributed by atoms with Crippen molar-refractivity contribution in [3.05, 3.63) is 70.6 Å². The lowest BCUT2D eigenvalue weighted by atomic mass is 10.1. The molecule has 0 saturated carbocycles. The lowest BCUT2D eigenvalue weighted by Gasteiger charge is -2.06. The summed E-state index contributed by atoms with van der Waals surface area (Å²) in [4.78, 5) is 26.3. The number of nitrogens with zero attached hydrogens (tertiary/aromatic N) is 1. The van der Waals surface area contributed by atoms with E-state index in [1.165, 1.54) is 11.3 Å². The average Bonchev–Trinajstić information content (AvgIpc) is 3.39. The van der Waals surface area contributed by atoms with E-state index >= 15 is 0 Å². The van der Waals surface area contributed by atoms with Crippen molar-refractivity contribution in [3.63, 3.8) is 0 Å². The molecule has 8 nitrogen and oxygen atoms in total. The number of hydrogen-bond donors (Lipinski definition) is 3. The summed E-state index contributed by atoms with van der Waals surface area (Å²) >= 11 is 1.26. The first-order valence-electron chi connectivity index (χ1n) is 9.87. The lowest BCUT2D eigenvalue weighted by molar-refractivity contribution is -0.115. The first-order chi connectivity index (χ1) is 15.6. The Labute approximate surface area is 188 Å². The lowest BCUT2D eigenvalue weighted by Crippen LogP contribution is -2.21. The van der Waals surface area contributed by atoms with Gasteiger partial charge in [0.15, 0.2) is 0 Å². The Balaban J connectivity index is 1.41. The summed E-state index contributed by atoms with van der Waals surface area (Å²) in [5.41, 5.74) is 1.77. The van der Waals surface area contributed by atoms with Gasteiger partial charge < -0.3 is 20.1 Å². The van der Waals surface area contributed by atoms with Crippen LogP contribution in [0.3, 0.4) is 0 Å². The summed E-state index contributed by atoms with van der Waals surface area (Å²) in [6.07, 6.45) is 0.190. The molecule has 2 aromatic heterocycles. The van der Waals surface area contributed by atoms with E-state index in [4.69, 9.17) is 9.47 Å². The van der Waals surface area contributed by atoms with Gasteiger partial charge in [0.25, 0.3) is 5.91 Å². The zero-order valence-corrected chi connectivity index (χ0v) is 18.4. The topological polar surface area (TPSA) is 105 Å². The minimum atomic E-state index is -0.204. The standard InChI is InChI=1S/C23H22N4O4S/c1-30-16-7-3-5-14(9-16)11-20(28)25-21-18-12-19(32-23(18)27-26-21)22(29)24-13-15-6-4-8-17(10-15)31-2/h3-10,12H,11,13H2,1-2H3,(H,24,29)(H2,25,26,27,28). The summed E-state index contributed by atoms with van der Waals surface area (Å²) in [6.45, 7) is 0.377. The third kappa shape index (κ3) is 4.89. The number of amides is 2. The molecule has 9 heteroatoms. The third-order valence-corrected chi connectivity index (χ3v) is 5.85. The monoisotopic (exact) mass is 450 g/mol. The maximum absolute atomic E-state index is 12.6. The summed E-state index contributed by atoms with van der Waals surface area (Å²) in [5, 5.41) is 13.5. The predicted octanol–water partition coefficient (Wildman–Crippen LogP) is 3.75. The number of aromatic nitrogens is 2. The molecule has 0 aliphatic rings. The van der Waals surface area contributed by atoms with Crippen LogP contribution in [0, 0.1) is 0 Å². The maximum Gasteiger partial charge on any atom is 0.261 e. The zero-order valence-electron chi connectivity index (χ0n) is 17.6. The molecule has 0 aliphatic heterocycles. The van der Waals surface area contributed by atoms with Crippen LogP contribution in [0.5, 0.6) is 11.5 Å². The molecule has 4 rings (SSSR count). The third-order valence-electron chi connectivity index (χ3n) is 4.83. The molecule has 2 aromatic carbocycles. The molecule has 2 amide bonds. The van der Waals surface area contributed by atoms with Crippen LogP contribution in [0.25, 0.3) is 10.2 Å². The minimum absolute atomic E-state index is 0.190. The fourth-order valence-electron chi connectivity index (χ4n) is 3.22. The number of hydrogen-bond acceptors (Lipinski definition) is 6. The van der Waals surface area contributed by atoms with Gasteiger partial charge in [-0.3, -0.25) is 14.7 Å². The quantitative estimate of drug-likeness (QED) is 0.379. The molecular formula is C23H22N4O4S. The van der Waals surface area contributed by atoms with E-state index in [0.717, 1.165) is 16.9 Å². The molecule has 0 fully saturated rings. The Bertz CT molecular complexity index is 1260. The van der Waals surface area contributed by atoms with Crippen LogP contribution in [0.15, 0.2) is 54.6 Å². The van der Waals surface area contributed by atoms with Gasteiger partial charge in [-0.25, -0.2) is 0 Å². The normalized spacial score (nSPS) is 10.7. The predicted molar refractivity (Wildman–Crippen MR) is 123 cm³/mol. The van der Waals surface area contributed by atoms with Crippen molar-refractivity contribution in [3.8, 4) is 11.5 Å². The van der Waals surface area contributed by atoms with Gasteiger partial charge in [-0.2, -0.15) is 5.10 Å². The molecule has 3 N–H and O–H groups in total.